The van der Waals surface area contributed by atoms with Crippen molar-refractivity contribution >= 4 is 23.3 Å². The summed E-state index contributed by atoms with van der Waals surface area (Å²) in [6, 6.07) is 13.6. The van der Waals surface area contributed by atoms with Gasteiger partial charge in [0.15, 0.2) is 17.6 Å². The molecular formula is C22H18N2O8. The molecule has 2 aromatic carbocycles. The molecule has 164 valence electrons. The standard InChI is InChI=1S/C22H18N2O8/c1-13(21(25)23-15-4-7-18-20(12-15)30-11-10-29-18)31-22(26)19-9-8-17(32-19)14-2-5-16(6-3-14)24(27)28/h2-9,12-13H,10-11H2,1H3,(H,23,25)/t13-/m0/s1. The molecule has 32 heavy (non-hydrogen) atoms. The summed E-state index contributed by atoms with van der Waals surface area (Å²) in [6.07, 6.45) is -1.09. The van der Waals surface area contributed by atoms with Gasteiger partial charge in [-0.15, -0.1) is 0 Å². The highest BCUT2D eigenvalue weighted by atomic mass is 16.6. The predicted octanol–water partition coefficient (Wildman–Crippen LogP) is 3.81. The van der Waals surface area contributed by atoms with E-state index in [0.717, 1.165) is 0 Å². The van der Waals surface area contributed by atoms with Gasteiger partial charge in [-0.1, -0.05) is 0 Å². The fourth-order valence-corrected chi connectivity index (χ4v) is 2.99. The van der Waals surface area contributed by atoms with Crippen molar-refractivity contribution in [2.75, 3.05) is 18.5 Å². The van der Waals surface area contributed by atoms with Gasteiger partial charge in [-0.3, -0.25) is 14.9 Å². The summed E-state index contributed by atoms with van der Waals surface area (Å²) >= 11 is 0. The molecule has 10 nitrogen and oxygen atoms in total. The molecular weight excluding hydrogens is 420 g/mol. The minimum absolute atomic E-state index is 0.0576. The van der Waals surface area contributed by atoms with Crippen LogP contribution in [0.3, 0.4) is 0 Å². The maximum atomic E-state index is 12.4. The van der Waals surface area contributed by atoms with Gasteiger partial charge >= 0.3 is 5.97 Å². The van der Waals surface area contributed by atoms with E-state index in [1.54, 1.807) is 18.2 Å². The van der Waals surface area contributed by atoms with Crippen molar-refractivity contribution in [3.8, 4) is 22.8 Å². The number of nitrogens with zero attached hydrogens (tertiary/aromatic N) is 1. The van der Waals surface area contributed by atoms with Crippen molar-refractivity contribution in [1.29, 1.82) is 0 Å². The number of anilines is 1. The Balaban J connectivity index is 1.37. The van der Waals surface area contributed by atoms with E-state index in [-0.39, 0.29) is 11.4 Å². The number of benzene rings is 2. The topological polar surface area (TPSA) is 130 Å². The summed E-state index contributed by atoms with van der Waals surface area (Å²) in [5.74, 6) is 0.00107. The molecule has 0 aliphatic carbocycles. The van der Waals surface area contributed by atoms with E-state index in [2.05, 4.69) is 5.32 Å². The number of nitro groups is 1. The average Bonchev–Trinajstić information content (AvgIpc) is 3.29. The lowest BCUT2D eigenvalue weighted by molar-refractivity contribution is -0.384. The molecule has 4 rings (SSSR count). The van der Waals surface area contributed by atoms with Crippen molar-refractivity contribution in [3.63, 3.8) is 0 Å². The van der Waals surface area contributed by atoms with Crippen molar-refractivity contribution in [2.24, 2.45) is 0 Å². The van der Waals surface area contributed by atoms with Gasteiger partial charge in [0.2, 0.25) is 5.76 Å². The van der Waals surface area contributed by atoms with Crippen molar-refractivity contribution in [2.45, 2.75) is 13.0 Å². The summed E-state index contributed by atoms with van der Waals surface area (Å²) in [7, 11) is 0. The molecule has 1 amide bonds. The maximum Gasteiger partial charge on any atom is 0.375 e. The van der Waals surface area contributed by atoms with Gasteiger partial charge in [-0.05, 0) is 43.3 Å². The average molecular weight is 438 g/mol. The van der Waals surface area contributed by atoms with E-state index in [4.69, 9.17) is 18.6 Å². The third-order valence-electron chi connectivity index (χ3n) is 4.63. The summed E-state index contributed by atoms with van der Waals surface area (Å²) in [5, 5.41) is 13.4. The molecule has 10 heteroatoms. The Labute approximate surface area is 181 Å². The lowest BCUT2D eigenvalue weighted by Crippen LogP contribution is -2.30. The molecule has 1 aliphatic rings. The van der Waals surface area contributed by atoms with Crippen LogP contribution in [0.2, 0.25) is 0 Å². The number of carbonyl (C=O) groups excluding carboxylic acids is 2. The molecule has 0 fully saturated rings. The number of hydrogen-bond acceptors (Lipinski definition) is 8. The van der Waals surface area contributed by atoms with Crippen LogP contribution in [0.4, 0.5) is 11.4 Å². The number of nitro benzene ring substituents is 1. The zero-order valence-corrected chi connectivity index (χ0v) is 16.9. The number of rotatable bonds is 6. The van der Waals surface area contributed by atoms with Crippen molar-refractivity contribution in [1.82, 2.24) is 0 Å². The zero-order chi connectivity index (χ0) is 22.7. The molecule has 1 aromatic heterocycles. The lowest BCUT2D eigenvalue weighted by Gasteiger charge is -2.19. The van der Waals surface area contributed by atoms with E-state index in [1.165, 1.54) is 43.3 Å². The smallest absolute Gasteiger partial charge is 0.375 e. The number of amides is 1. The Hall–Kier alpha value is -4.34. The lowest BCUT2D eigenvalue weighted by atomic mass is 10.1. The first-order valence-electron chi connectivity index (χ1n) is 9.67. The van der Waals surface area contributed by atoms with Crippen LogP contribution in [0.25, 0.3) is 11.3 Å². The third kappa shape index (κ3) is 4.53. The monoisotopic (exact) mass is 438 g/mol. The Morgan fingerprint density at radius 3 is 2.47 bits per heavy atom. The highest BCUT2D eigenvalue weighted by molar-refractivity contribution is 5.97. The van der Waals surface area contributed by atoms with Gasteiger partial charge < -0.3 is 23.9 Å². The van der Waals surface area contributed by atoms with Gasteiger partial charge in [0.1, 0.15) is 19.0 Å². The Kier molecular flexibility index (Phi) is 5.75. The second-order valence-corrected chi connectivity index (χ2v) is 6.86. The SMILES string of the molecule is C[C@H](OC(=O)c1ccc(-c2ccc([N+](=O)[O-])cc2)o1)C(=O)Nc1ccc2c(c1)OCCO2. The molecule has 3 aromatic rings. The number of nitrogens with one attached hydrogen (secondary N) is 1. The van der Waals surface area contributed by atoms with Crippen LogP contribution < -0.4 is 14.8 Å². The van der Waals surface area contributed by atoms with Crippen LogP contribution in [0.5, 0.6) is 11.5 Å². The van der Waals surface area contributed by atoms with E-state index < -0.39 is 22.9 Å². The quantitative estimate of drug-likeness (QED) is 0.349. The van der Waals surface area contributed by atoms with Gasteiger partial charge in [-0.25, -0.2) is 4.79 Å². The Morgan fingerprint density at radius 1 is 1.03 bits per heavy atom. The fourth-order valence-electron chi connectivity index (χ4n) is 2.99. The minimum atomic E-state index is -1.09. The molecule has 0 saturated heterocycles. The summed E-state index contributed by atoms with van der Waals surface area (Å²) in [6.45, 7) is 2.32. The summed E-state index contributed by atoms with van der Waals surface area (Å²) < 4.78 is 21.6. The highest BCUT2D eigenvalue weighted by Crippen LogP contribution is 2.32. The van der Waals surface area contributed by atoms with Gasteiger partial charge in [0.05, 0.1) is 4.92 Å². The van der Waals surface area contributed by atoms with Crippen LogP contribution >= 0.6 is 0 Å². The first-order valence-corrected chi connectivity index (χ1v) is 9.67. The molecule has 0 bridgehead atoms. The second kappa shape index (κ2) is 8.80. The molecule has 1 aliphatic heterocycles. The Bertz CT molecular complexity index is 1170. The maximum absolute atomic E-state index is 12.4. The van der Waals surface area contributed by atoms with Gasteiger partial charge in [0.25, 0.3) is 11.6 Å². The number of esters is 1. The van der Waals surface area contributed by atoms with E-state index in [0.29, 0.717) is 41.7 Å². The molecule has 0 saturated carbocycles. The summed E-state index contributed by atoms with van der Waals surface area (Å²) in [4.78, 5) is 35.0. The number of ether oxygens (including phenoxy) is 3. The van der Waals surface area contributed by atoms with Crippen LogP contribution in [-0.2, 0) is 9.53 Å². The second-order valence-electron chi connectivity index (χ2n) is 6.86. The van der Waals surface area contributed by atoms with Crippen LogP contribution in [0.15, 0.2) is 59.0 Å². The van der Waals surface area contributed by atoms with E-state index in [1.807, 2.05) is 0 Å². The van der Waals surface area contributed by atoms with Crippen LogP contribution in [0, 0.1) is 10.1 Å². The van der Waals surface area contributed by atoms with Gasteiger partial charge in [-0.2, -0.15) is 0 Å². The first kappa shape index (κ1) is 20.9. The van der Waals surface area contributed by atoms with E-state index in [9.17, 15) is 19.7 Å². The minimum Gasteiger partial charge on any atom is -0.486 e. The third-order valence-corrected chi connectivity index (χ3v) is 4.63. The predicted molar refractivity (Wildman–Crippen MR) is 112 cm³/mol. The first-order chi connectivity index (χ1) is 15.4. The van der Waals surface area contributed by atoms with Gasteiger partial charge in [0, 0.05) is 29.4 Å². The largest absolute Gasteiger partial charge is 0.486 e. The number of fused-ring (bicyclic) bond motifs is 1. The Morgan fingerprint density at radius 2 is 1.75 bits per heavy atom. The molecule has 2 heterocycles. The number of furan rings is 1. The number of carbonyl (C=O) groups is 2. The molecule has 1 atom stereocenters. The van der Waals surface area contributed by atoms with Crippen molar-refractivity contribution < 1.29 is 33.1 Å². The zero-order valence-electron chi connectivity index (χ0n) is 16.9. The van der Waals surface area contributed by atoms with Crippen LogP contribution in [-0.4, -0.2) is 36.1 Å². The number of hydrogen-bond donors (Lipinski definition) is 1. The van der Waals surface area contributed by atoms with Crippen molar-refractivity contribution in [3.05, 3.63) is 70.5 Å². The van der Waals surface area contributed by atoms with E-state index >= 15 is 0 Å². The molecule has 0 unspecified atom stereocenters. The number of non-ortho nitro benzene ring substituents is 1. The molecule has 0 radical (unpaired) electrons. The summed E-state index contributed by atoms with van der Waals surface area (Å²) in [5.41, 5.74) is 0.970. The molecule has 1 N–H and O–H groups in total. The van der Waals surface area contributed by atoms with Crippen LogP contribution in [0.1, 0.15) is 17.5 Å². The highest BCUT2D eigenvalue weighted by Gasteiger charge is 2.22. The molecule has 0 spiro atoms. The normalized spacial score (nSPS) is 13.2. The fraction of sp³-hybridized carbons (Fsp3) is 0.182.